The molecule has 2 aromatic heterocycles. The van der Waals surface area contributed by atoms with Crippen molar-refractivity contribution in [2.75, 3.05) is 26.3 Å². The molecule has 0 saturated carbocycles. The van der Waals surface area contributed by atoms with Gasteiger partial charge in [-0.05, 0) is 44.0 Å². The largest absolute Gasteiger partial charge is 0.486 e. The number of aromatic nitrogens is 2. The summed E-state index contributed by atoms with van der Waals surface area (Å²) < 4.78 is 49.9. The van der Waals surface area contributed by atoms with Crippen molar-refractivity contribution in [2.24, 2.45) is 0 Å². The van der Waals surface area contributed by atoms with Crippen LogP contribution >= 0.6 is 0 Å². The molecule has 3 aromatic rings. The molecule has 1 saturated heterocycles. The molecule has 1 aromatic carbocycles. The van der Waals surface area contributed by atoms with E-state index in [9.17, 15) is 8.42 Å². The number of aryl methyl sites for hydroxylation is 1. The summed E-state index contributed by atoms with van der Waals surface area (Å²) in [5, 5.41) is 3.99. The van der Waals surface area contributed by atoms with Crippen molar-refractivity contribution < 1.29 is 26.8 Å². The standard InChI is InChI=1S/C20H21N3O6S/c1-13-4-6-17(28-13)19-21-20(29-22-19)14-3-2-8-23(12-14)30(24,25)15-5-7-16-18(11-15)27-10-9-26-16/h4-7,11,14H,2-3,8-10,12H2,1H3/t14-/m0/s1. The van der Waals surface area contributed by atoms with Gasteiger partial charge in [0.15, 0.2) is 17.3 Å². The van der Waals surface area contributed by atoms with Gasteiger partial charge in [-0.2, -0.15) is 9.29 Å². The van der Waals surface area contributed by atoms with Crippen LogP contribution in [0.2, 0.25) is 0 Å². The first kappa shape index (κ1) is 19.1. The van der Waals surface area contributed by atoms with Crippen LogP contribution in [0.15, 0.2) is 44.2 Å². The molecule has 5 rings (SSSR count). The van der Waals surface area contributed by atoms with Crippen molar-refractivity contribution in [1.82, 2.24) is 14.4 Å². The third kappa shape index (κ3) is 3.46. The SMILES string of the molecule is Cc1ccc(-c2noc([C@H]3CCCN(S(=O)(=O)c4ccc5c(c4)OCCO5)C3)n2)o1. The molecule has 0 N–H and O–H groups in total. The number of piperidine rings is 1. The zero-order chi connectivity index (χ0) is 20.7. The van der Waals surface area contributed by atoms with Gasteiger partial charge in [0.2, 0.25) is 21.7 Å². The maximum Gasteiger partial charge on any atom is 0.243 e. The summed E-state index contributed by atoms with van der Waals surface area (Å²) in [7, 11) is -3.69. The molecule has 9 nitrogen and oxygen atoms in total. The van der Waals surface area contributed by atoms with Crippen molar-refractivity contribution in [3.63, 3.8) is 0 Å². The Kier molecular flexibility index (Phi) is 4.75. The van der Waals surface area contributed by atoms with Gasteiger partial charge in [-0.3, -0.25) is 0 Å². The molecule has 10 heteroatoms. The fourth-order valence-corrected chi connectivity index (χ4v) is 5.29. The zero-order valence-corrected chi connectivity index (χ0v) is 17.2. The summed E-state index contributed by atoms with van der Waals surface area (Å²) in [6, 6.07) is 8.32. The highest BCUT2D eigenvalue weighted by Gasteiger charge is 2.34. The first-order valence-electron chi connectivity index (χ1n) is 9.81. The first-order valence-corrected chi connectivity index (χ1v) is 11.2. The molecule has 2 aliphatic rings. The second-order valence-electron chi connectivity index (χ2n) is 7.37. The van der Waals surface area contributed by atoms with Crippen molar-refractivity contribution in [3.8, 4) is 23.1 Å². The molecule has 0 spiro atoms. The molecule has 30 heavy (non-hydrogen) atoms. The fourth-order valence-electron chi connectivity index (χ4n) is 3.75. The number of benzene rings is 1. The molecule has 0 bridgehead atoms. The molecule has 0 aliphatic carbocycles. The van der Waals surface area contributed by atoms with Crippen molar-refractivity contribution in [1.29, 1.82) is 0 Å². The van der Waals surface area contributed by atoms with Crippen LogP contribution in [0, 0.1) is 6.92 Å². The second kappa shape index (κ2) is 7.44. The Balaban J connectivity index is 1.37. The summed E-state index contributed by atoms with van der Waals surface area (Å²) in [6.45, 7) is 3.40. The van der Waals surface area contributed by atoms with Gasteiger partial charge in [0.1, 0.15) is 19.0 Å². The van der Waals surface area contributed by atoms with Crippen LogP contribution in [-0.2, 0) is 10.0 Å². The summed E-state index contributed by atoms with van der Waals surface area (Å²) in [5.74, 6) is 2.90. The minimum atomic E-state index is -3.69. The molecule has 158 valence electrons. The Bertz CT molecular complexity index is 1170. The highest BCUT2D eigenvalue weighted by Crippen LogP contribution is 2.35. The van der Waals surface area contributed by atoms with Crippen LogP contribution in [0.25, 0.3) is 11.6 Å². The van der Waals surface area contributed by atoms with Gasteiger partial charge in [-0.25, -0.2) is 8.42 Å². The predicted octanol–water partition coefficient (Wildman–Crippen LogP) is 2.98. The number of ether oxygens (including phenoxy) is 2. The molecular weight excluding hydrogens is 410 g/mol. The van der Waals surface area contributed by atoms with Gasteiger partial charge in [-0.15, -0.1) is 0 Å². The van der Waals surface area contributed by atoms with Crippen LogP contribution in [0.3, 0.4) is 0 Å². The lowest BCUT2D eigenvalue weighted by atomic mass is 10.00. The number of sulfonamides is 1. The molecule has 0 amide bonds. The summed E-state index contributed by atoms with van der Waals surface area (Å²) in [5.41, 5.74) is 0. The van der Waals surface area contributed by atoms with Gasteiger partial charge in [-0.1, -0.05) is 5.16 Å². The maximum absolute atomic E-state index is 13.2. The Morgan fingerprint density at radius 3 is 2.73 bits per heavy atom. The van der Waals surface area contributed by atoms with Gasteiger partial charge >= 0.3 is 0 Å². The molecule has 0 radical (unpaired) electrons. The molecule has 2 aliphatic heterocycles. The molecule has 0 unspecified atom stereocenters. The van der Waals surface area contributed by atoms with Crippen molar-refractivity contribution >= 4 is 10.0 Å². The zero-order valence-electron chi connectivity index (χ0n) is 16.4. The minimum absolute atomic E-state index is 0.178. The van der Waals surface area contributed by atoms with Gasteiger partial charge in [0, 0.05) is 19.2 Å². The summed E-state index contributed by atoms with van der Waals surface area (Å²) in [6.07, 6.45) is 1.47. The van der Waals surface area contributed by atoms with Crippen LogP contribution in [0.5, 0.6) is 11.5 Å². The summed E-state index contributed by atoms with van der Waals surface area (Å²) in [4.78, 5) is 4.62. The fraction of sp³-hybridized carbons (Fsp3) is 0.400. The van der Waals surface area contributed by atoms with Crippen LogP contribution in [0.1, 0.15) is 30.4 Å². The van der Waals surface area contributed by atoms with Gasteiger partial charge in [0.25, 0.3) is 0 Å². The number of nitrogens with zero attached hydrogens (tertiary/aromatic N) is 3. The quantitative estimate of drug-likeness (QED) is 0.620. The molecule has 4 heterocycles. The highest BCUT2D eigenvalue weighted by molar-refractivity contribution is 7.89. The molecule has 1 atom stereocenters. The normalized spacial score (nSPS) is 19.7. The smallest absolute Gasteiger partial charge is 0.243 e. The predicted molar refractivity (Wildman–Crippen MR) is 105 cm³/mol. The Hall–Kier alpha value is -2.85. The molecular formula is C20H21N3O6S. The van der Waals surface area contributed by atoms with Crippen LogP contribution in [-0.4, -0.2) is 49.2 Å². The average molecular weight is 431 g/mol. The van der Waals surface area contributed by atoms with Crippen molar-refractivity contribution in [2.45, 2.75) is 30.6 Å². The third-order valence-electron chi connectivity index (χ3n) is 5.29. The second-order valence-corrected chi connectivity index (χ2v) is 9.31. The van der Waals surface area contributed by atoms with Gasteiger partial charge in [0.05, 0.1) is 10.8 Å². The van der Waals surface area contributed by atoms with E-state index in [0.29, 0.717) is 55.2 Å². The summed E-state index contributed by atoms with van der Waals surface area (Å²) >= 11 is 0. The monoisotopic (exact) mass is 431 g/mol. The minimum Gasteiger partial charge on any atom is -0.486 e. The maximum atomic E-state index is 13.2. The Morgan fingerprint density at radius 2 is 1.93 bits per heavy atom. The number of fused-ring (bicyclic) bond motifs is 1. The van der Waals surface area contributed by atoms with E-state index in [0.717, 1.165) is 12.2 Å². The van der Waals surface area contributed by atoms with Crippen LogP contribution in [0.4, 0.5) is 0 Å². The Morgan fingerprint density at radius 1 is 1.10 bits per heavy atom. The van der Waals surface area contributed by atoms with Crippen molar-refractivity contribution in [3.05, 3.63) is 42.0 Å². The average Bonchev–Trinajstić information content (AvgIpc) is 3.43. The van der Waals surface area contributed by atoms with E-state index in [4.69, 9.17) is 18.4 Å². The lowest BCUT2D eigenvalue weighted by Crippen LogP contribution is -2.39. The van der Waals surface area contributed by atoms with Gasteiger partial charge < -0.3 is 18.4 Å². The number of hydrogen-bond donors (Lipinski definition) is 0. The first-order chi connectivity index (χ1) is 14.5. The number of furan rings is 1. The third-order valence-corrected chi connectivity index (χ3v) is 7.15. The number of rotatable bonds is 4. The van der Waals surface area contributed by atoms with E-state index >= 15 is 0 Å². The highest BCUT2D eigenvalue weighted by atomic mass is 32.2. The topological polar surface area (TPSA) is 108 Å². The lowest BCUT2D eigenvalue weighted by Gasteiger charge is -2.30. The van der Waals surface area contributed by atoms with E-state index in [1.54, 1.807) is 18.2 Å². The number of hydrogen-bond acceptors (Lipinski definition) is 8. The van der Waals surface area contributed by atoms with E-state index in [-0.39, 0.29) is 17.4 Å². The molecule has 1 fully saturated rings. The lowest BCUT2D eigenvalue weighted by molar-refractivity contribution is 0.171. The van der Waals surface area contributed by atoms with E-state index in [1.165, 1.54) is 10.4 Å². The Labute approximate surface area is 173 Å². The van der Waals surface area contributed by atoms with Crippen LogP contribution < -0.4 is 9.47 Å². The van der Waals surface area contributed by atoms with E-state index in [1.807, 2.05) is 13.0 Å². The van der Waals surface area contributed by atoms with E-state index < -0.39 is 10.0 Å². The van der Waals surface area contributed by atoms with E-state index in [2.05, 4.69) is 10.1 Å².